The lowest BCUT2D eigenvalue weighted by Gasteiger charge is -2.42. The largest absolute Gasteiger partial charge is 0.392 e. The van der Waals surface area contributed by atoms with Crippen LogP contribution in [0.2, 0.25) is 0 Å². The predicted octanol–water partition coefficient (Wildman–Crippen LogP) is 9.07. The fourth-order valence-corrected chi connectivity index (χ4v) is 6.26. The second-order valence-electron chi connectivity index (χ2n) is 12.5. The number of ether oxygens (including phenoxy) is 2. The lowest BCUT2D eigenvalue weighted by Crippen LogP contribution is -2.45. The van der Waals surface area contributed by atoms with E-state index in [0.717, 1.165) is 51.9 Å². The summed E-state index contributed by atoms with van der Waals surface area (Å²) < 4.78 is 78.9. The monoisotopic (exact) mass is 730 g/mol. The molecule has 1 aromatic heterocycles. The SMILES string of the molecule is C#C.C/C(=C\CC(F)(F)F)CCN(c1nnn(C)n1)C1CCCN(C2CCOCC2)c2c(cc3c(c2C)COC3)C1.C=C(C)C.CC.FC(F)F. The maximum atomic E-state index is 12.8. The highest BCUT2D eigenvalue weighted by molar-refractivity contribution is 5.65. The van der Waals surface area contributed by atoms with Gasteiger partial charge in [0, 0.05) is 44.1 Å². The first-order valence-corrected chi connectivity index (χ1v) is 17.3. The average Bonchev–Trinajstić information content (AvgIpc) is 3.72. The zero-order valence-corrected chi connectivity index (χ0v) is 31.2. The molecule has 2 aromatic rings. The van der Waals surface area contributed by atoms with Gasteiger partial charge in [-0.15, -0.1) is 24.5 Å². The van der Waals surface area contributed by atoms with Crippen molar-refractivity contribution in [3.63, 3.8) is 0 Å². The van der Waals surface area contributed by atoms with Gasteiger partial charge in [-0.3, -0.25) is 0 Å². The standard InChI is InChI=1S/C28H39F3N6O2.C4H8.C2H6.C2H2.CHF3/c1-19(6-10-28(29,30)31)7-12-37(27-32-34-35(3)33-27)24-5-4-11-36(23-8-13-38-14-9-23)26-20(2)25-18-39-17-22(25)15-21(26)16-24;1-4(2)3;2*1-2;2-1(3)4/h6,15,23-24H,4-5,7-14,16-18H2,1-3H3;1H2,2-3H3;1-2H3;1-2H;1H/b19-6+;;;;. The minimum Gasteiger partial charge on any atom is -0.381 e. The third-order valence-corrected chi connectivity index (χ3v) is 8.29. The number of nitrogens with zero attached hydrogens (tertiary/aromatic N) is 6. The third kappa shape index (κ3) is 15.7. The number of allylic oxidation sites excluding steroid dienone is 2. The van der Waals surface area contributed by atoms with E-state index in [1.54, 1.807) is 14.0 Å². The number of tetrazole rings is 1. The van der Waals surface area contributed by atoms with Crippen molar-refractivity contribution < 1.29 is 35.8 Å². The maximum Gasteiger partial charge on any atom is 0.392 e. The molecule has 0 bridgehead atoms. The predicted molar refractivity (Wildman–Crippen MR) is 192 cm³/mol. The molecule has 1 unspecified atom stereocenters. The van der Waals surface area contributed by atoms with Gasteiger partial charge in [0.1, 0.15) is 0 Å². The summed E-state index contributed by atoms with van der Waals surface area (Å²) in [6.45, 7) is 16.2. The summed E-state index contributed by atoms with van der Waals surface area (Å²) in [6, 6.07) is 2.87. The Morgan fingerprint density at radius 3 is 2.22 bits per heavy atom. The van der Waals surface area contributed by atoms with Crippen molar-refractivity contribution in [1.29, 1.82) is 0 Å². The molecule has 288 valence electrons. The molecule has 4 heterocycles. The smallest absolute Gasteiger partial charge is 0.381 e. The molecule has 3 aliphatic rings. The molecule has 0 radical (unpaired) electrons. The normalized spacial score (nSPS) is 17.4. The molecule has 0 amide bonds. The summed E-state index contributed by atoms with van der Waals surface area (Å²) in [5.74, 6) is 0.524. The van der Waals surface area contributed by atoms with E-state index in [4.69, 9.17) is 9.47 Å². The van der Waals surface area contributed by atoms with Gasteiger partial charge >= 0.3 is 12.9 Å². The van der Waals surface area contributed by atoms with Crippen LogP contribution < -0.4 is 9.80 Å². The van der Waals surface area contributed by atoms with Crippen molar-refractivity contribution >= 4 is 11.6 Å². The molecule has 8 nitrogen and oxygen atoms in total. The van der Waals surface area contributed by atoms with Crippen molar-refractivity contribution in [2.75, 3.05) is 36.1 Å². The molecular formula is C37H56F6N6O2. The minimum absolute atomic E-state index is 0.0972. The number of halogens is 6. The van der Waals surface area contributed by atoms with E-state index in [-0.39, 0.29) is 6.04 Å². The summed E-state index contributed by atoms with van der Waals surface area (Å²) in [6.07, 6.45) is 9.44. The van der Waals surface area contributed by atoms with Gasteiger partial charge in [0.05, 0.1) is 26.7 Å². The molecule has 14 heteroatoms. The second-order valence-corrected chi connectivity index (χ2v) is 12.5. The van der Waals surface area contributed by atoms with Crippen molar-refractivity contribution in [2.45, 2.75) is 125 Å². The molecule has 0 spiro atoms. The number of aromatic nitrogens is 4. The highest BCUT2D eigenvalue weighted by atomic mass is 19.4. The number of rotatable bonds is 7. The third-order valence-electron chi connectivity index (χ3n) is 8.29. The Hall–Kier alpha value is -3.57. The first-order valence-electron chi connectivity index (χ1n) is 17.3. The average molecular weight is 731 g/mol. The van der Waals surface area contributed by atoms with Gasteiger partial charge in [0.25, 0.3) is 5.95 Å². The number of alkyl halides is 6. The van der Waals surface area contributed by atoms with Crippen LogP contribution in [-0.2, 0) is 36.2 Å². The summed E-state index contributed by atoms with van der Waals surface area (Å²) in [4.78, 5) is 6.22. The van der Waals surface area contributed by atoms with Crippen LogP contribution in [0.4, 0.5) is 38.0 Å². The van der Waals surface area contributed by atoms with E-state index >= 15 is 0 Å². The Morgan fingerprint density at radius 2 is 1.67 bits per heavy atom. The van der Waals surface area contributed by atoms with Crippen LogP contribution in [0.25, 0.3) is 0 Å². The Labute approximate surface area is 300 Å². The molecule has 51 heavy (non-hydrogen) atoms. The minimum atomic E-state index is -4.20. The van der Waals surface area contributed by atoms with E-state index in [1.165, 1.54) is 44.4 Å². The lowest BCUT2D eigenvalue weighted by molar-refractivity contribution is -0.125. The number of benzene rings is 1. The molecule has 0 saturated carbocycles. The maximum absolute atomic E-state index is 12.8. The second kappa shape index (κ2) is 23.1. The molecule has 3 aliphatic heterocycles. The molecule has 1 fully saturated rings. The van der Waals surface area contributed by atoms with E-state index in [0.29, 0.717) is 43.7 Å². The highest BCUT2D eigenvalue weighted by Crippen LogP contribution is 2.39. The Kier molecular flexibility index (Phi) is 20.6. The Morgan fingerprint density at radius 1 is 1.06 bits per heavy atom. The number of terminal acetylenes is 1. The molecule has 0 aliphatic carbocycles. The quantitative estimate of drug-likeness (QED) is 0.160. The van der Waals surface area contributed by atoms with Gasteiger partial charge < -0.3 is 19.3 Å². The number of anilines is 2. The van der Waals surface area contributed by atoms with E-state index in [1.807, 2.05) is 27.7 Å². The van der Waals surface area contributed by atoms with Crippen LogP contribution in [0.3, 0.4) is 0 Å². The summed E-state index contributed by atoms with van der Waals surface area (Å²) in [7, 11) is 1.73. The number of aryl methyl sites for hydroxylation is 1. The Balaban J connectivity index is 0.000000957. The van der Waals surface area contributed by atoms with Gasteiger partial charge in [-0.1, -0.05) is 42.2 Å². The molecular weight excluding hydrogens is 674 g/mol. The fraction of sp³-hybridized carbons (Fsp3) is 0.649. The van der Waals surface area contributed by atoms with Crippen LogP contribution in [-0.4, -0.2) is 71.4 Å². The molecule has 0 N–H and O–H groups in total. The zero-order chi connectivity index (χ0) is 38.7. The topological polar surface area (TPSA) is 68.5 Å². The van der Waals surface area contributed by atoms with E-state index < -0.39 is 19.3 Å². The van der Waals surface area contributed by atoms with Crippen LogP contribution in [0.5, 0.6) is 0 Å². The summed E-state index contributed by atoms with van der Waals surface area (Å²) in [5.41, 5.74) is 8.37. The molecule has 1 atom stereocenters. The van der Waals surface area contributed by atoms with E-state index in [2.05, 4.69) is 57.6 Å². The highest BCUT2D eigenvalue weighted by Gasteiger charge is 2.33. The number of hydrogen-bond acceptors (Lipinski definition) is 7. The van der Waals surface area contributed by atoms with Crippen LogP contribution in [0, 0.1) is 19.8 Å². The van der Waals surface area contributed by atoms with Crippen LogP contribution in [0.1, 0.15) is 95.4 Å². The summed E-state index contributed by atoms with van der Waals surface area (Å²) >= 11 is 0. The van der Waals surface area contributed by atoms with Gasteiger partial charge in [-0.05, 0) is 93.7 Å². The van der Waals surface area contributed by atoms with E-state index in [9.17, 15) is 26.3 Å². The number of fused-ring (bicyclic) bond motifs is 2. The van der Waals surface area contributed by atoms with Gasteiger partial charge in [0.2, 0.25) is 0 Å². The van der Waals surface area contributed by atoms with Crippen molar-refractivity contribution in [2.24, 2.45) is 7.05 Å². The fourth-order valence-electron chi connectivity index (χ4n) is 6.26. The Bertz CT molecular complexity index is 1360. The van der Waals surface area contributed by atoms with Gasteiger partial charge in [-0.25, -0.2) is 0 Å². The molecule has 1 aromatic carbocycles. The van der Waals surface area contributed by atoms with Crippen molar-refractivity contribution in [3.05, 3.63) is 52.1 Å². The van der Waals surface area contributed by atoms with Gasteiger partial charge in [0.15, 0.2) is 0 Å². The van der Waals surface area contributed by atoms with Crippen molar-refractivity contribution in [1.82, 2.24) is 20.2 Å². The van der Waals surface area contributed by atoms with Gasteiger partial charge in [-0.2, -0.15) is 31.1 Å². The number of hydrogen-bond donors (Lipinski definition) is 0. The van der Waals surface area contributed by atoms with Crippen LogP contribution >= 0.6 is 0 Å². The first-order chi connectivity index (χ1) is 24.2. The molecule has 1 saturated heterocycles. The molecule has 5 rings (SSSR count). The lowest BCUT2D eigenvalue weighted by atomic mass is 9.88. The first kappa shape index (κ1) is 45.5. The van der Waals surface area contributed by atoms with Crippen molar-refractivity contribution in [3.8, 4) is 12.8 Å². The summed E-state index contributed by atoms with van der Waals surface area (Å²) in [5, 5.41) is 12.9. The zero-order valence-electron chi connectivity index (χ0n) is 31.2. The van der Waals surface area contributed by atoms with Crippen LogP contribution in [0.15, 0.2) is 29.9 Å².